The summed E-state index contributed by atoms with van der Waals surface area (Å²) in [6, 6.07) is 17.0. The summed E-state index contributed by atoms with van der Waals surface area (Å²) >= 11 is 5.83. The molecule has 0 saturated heterocycles. The normalized spacial score (nSPS) is 10.4. The molecule has 0 spiro atoms. The molecule has 26 heavy (non-hydrogen) atoms. The minimum absolute atomic E-state index is 0.0342. The number of benzene rings is 3. The molecule has 0 fully saturated rings. The van der Waals surface area contributed by atoms with Gasteiger partial charge in [-0.1, -0.05) is 23.7 Å². The van der Waals surface area contributed by atoms with Crippen molar-refractivity contribution >= 4 is 23.2 Å². The first kappa shape index (κ1) is 17.9. The van der Waals surface area contributed by atoms with Crippen LogP contribution in [0, 0.1) is 11.6 Å². The summed E-state index contributed by atoms with van der Waals surface area (Å²) in [5.41, 5.74) is 1.52. The fourth-order valence-electron chi connectivity index (χ4n) is 2.22. The van der Waals surface area contributed by atoms with Crippen LogP contribution in [-0.4, -0.2) is 5.91 Å². The molecule has 132 valence electrons. The van der Waals surface area contributed by atoms with Gasteiger partial charge in [0.1, 0.15) is 12.4 Å². The molecular weight excluding hydrogens is 360 g/mol. The predicted molar refractivity (Wildman–Crippen MR) is 96.5 cm³/mol. The first-order valence-corrected chi connectivity index (χ1v) is 8.13. The van der Waals surface area contributed by atoms with E-state index in [0.717, 1.165) is 17.7 Å². The molecule has 0 bridgehead atoms. The van der Waals surface area contributed by atoms with Gasteiger partial charge in [-0.2, -0.15) is 0 Å². The van der Waals surface area contributed by atoms with Gasteiger partial charge in [0.05, 0.1) is 0 Å². The lowest BCUT2D eigenvalue weighted by Crippen LogP contribution is -2.12. The van der Waals surface area contributed by atoms with Crippen LogP contribution in [0.1, 0.15) is 15.9 Å². The van der Waals surface area contributed by atoms with Crippen LogP contribution in [0.5, 0.6) is 5.75 Å². The average molecular weight is 374 g/mol. The van der Waals surface area contributed by atoms with Crippen molar-refractivity contribution in [2.45, 2.75) is 6.61 Å². The maximum atomic E-state index is 13.2. The van der Waals surface area contributed by atoms with Gasteiger partial charge in [-0.05, 0) is 60.2 Å². The number of rotatable bonds is 5. The molecule has 3 aromatic rings. The molecule has 0 unspecified atom stereocenters. The zero-order valence-electron chi connectivity index (χ0n) is 13.5. The van der Waals surface area contributed by atoms with E-state index in [4.69, 9.17) is 16.3 Å². The molecule has 0 heterocycles. The topological polar surface area (TPSA) is 38.3 Å². The third kappa shape index (κ3) is 4.58. The highest BCUT2D eigenvalue weighted by molar-refractivity contribution is 6.30. The highest BCUT2D eigenvalue weighted by Crippen LogP contribution is 2.19. The van der Waals surface area contributed by atoms with Gasteiger partial charge in [-0.15, -0.1) is 0 Å². The molecule has 1 N–H and O–H groups in total. The molecule has 3 rings (SSSR count). The summed E-state index contributed by atoms with van der Waals surface area (Å²) in [4.78, 5) is 12.1. The number of hydrogen-bond acceptors (Lipinski definition) is 2. The second kappa shape index (κ2) is 7.97. The lowest BCUT2D eigenvalue weighted by Gasteiger charge is -2.09. The SMILES string of the molecule is O=C(Nc1ccc(OCc2ccc(Cl)cc2)cc1)c1ccc(F)c(F)c1. The maximum absolute atomic E-state index is 13.2. The lowest BCUT2D eigenvalue weighted by atomic mass is 10.2. The molecule has 3 nitrogen and oxygen atoms in total. The lowest BCUT2D eigenvalue weighted by molar-refractivity contribution is 0.102. The molecule has 0 aliphatic rings. The minimum atomic E-state index is -1.07. The van der Waals surface area contributed by atoms with Crippen LogP contribution >= 0.6 is 11.6 Å². The Kier molecular flexibility index (Phi) is 5.49. The van der Waals surface area contributed by atoms with Crippen LogP contribution in [0.2, 0.25) is 5.02 Å². The zero-order chi connectivity index (χ0) is 18.5. The van der Waals surface area contributed by atoms with Crippen LogP contribution in [0.25, 0.3) is 0 Å². The number of hydrogen-bond donors (Lipinski definition) is 1. The molecular formula is C20H14ClF2NO2. The largest absolute Gasteiger partial charge is 0.489 e. The summed E-state index contributed by atoms with van der Waals surface area (Å²) in [5.74, 6) is -1.96. The van der Waals surface area contributed by atoms with Gasteiger partial charge in [-0.25, -0.2) is 8.78 Å². The Morgan fingerprint density at radius 1 is 0.923 bits per heavy atom. The third-order valence-corrected chi connectivity index (χ3v) is 3.86. The van der Waals surface area contributed by atoms with Crippen molar-refractivity contribution in [1.82, 2.24) is 0 Å². The van der Waals surface area contributed by atoms with E-state index in [2.05, 4.69) is 5.32 Å². The number of amides is 1. The monoisotopic (exact) mass is 373 g/mol. The van der Waals surface area contributed by atoms with Gasteiger partial charge in [0.2, 0.25) is 0 Å². The van der Waals surface area contributed by atoms with E-state index in [1.165, 1.54) is 6.07 Å². The smallest absolute Gasteiger partial charge is 0.255 e. The molecule has 0 radical (unpaired) electrons. The van der Waals surface area contributed by atoms with E-state index in [-0.39, 0.29) is 5.56 Å². The molecule has 0 saturated carbocycles. The first-order chi connectivity index (χ1) is 12.5. The fourth-order valence-corrected chi connectivity index (χ4v) is 2.35. The minimum Gasteiger partial charge on any atom is -0.489 e. The Labute approximate surface area is 154 Å². The maximum Gasteiger partial charge on any atom is 0.255 e. The molecule has 6 heteroatoms. The molecule has 0 atom stereocenters. The standard InChI is InChI=1S/C20H14ClF2NO2/c21-15-4-1-13(2-5-15)12-26-17-8-6-16(7-9-17)24-20(25)14-3-10-18(22)19(23)11-14/h1-11H,12H2,(H,24,25). The first-order valence-electron chi connectivity index (χ1n) is 7.75. The van der Waals surface area contributed by atoms with E-state index in [0.29, 0.717) is 23.1 Å². The number of carbonyl (C=O) groups is 1. The Morgan fingerprint density at radius 2 is 1.62 bits per heavy atom. The van der Waals surface area contributed by atoms with E-state index in [9.17, 15) is 13.6 Å². The van der Waals surface area contributed by atoms with Crippen LogP contribution in [-0.2, 0) is 6.61 Å². The third-order valence-electron chi connectivity index (χ3n) is 3.61. The van der Waals surface area contributed by atoms with E-state index < -0.39 is 17.5 Å². The molecule has 0 aliphatic carbocycles. The number of halogens is 3. The summed E-state index contributed by atoms with van der Waals surface area (Å²) in [7, 11) is 0. The van der Waals surface area contributed by atoms with Crippen molar-refractivity contribution in [2.75, 3.05) is 5.32 Å². The zero-order valence-corrected chi connectivity index (χ0v) is 14.3. The number of anilines is 1. The second-order valence-electron chi connectivity index (χ2n) is 5.52. The van der Waals surface area contributed by atoms with Crippen LogP contribution in [0.3, 0.4) is 0 Å². The van der Waals surface area contributed by atoms with Gasteiger partial charge < -0.3 is 10.1 Å². The number of nitrogens with one attached hydrogen (secondary N) is 1. The van der Waals surface area contributed by atoms with Crippen molar-refractivity contribution in [3.8, 4) is 5.75 Å². The van der Waals surface area contributed by atoms with Crippen molar-refractivity contribution in [1.29, 1.82) is 0 Å². The Balaban J connectivity index is 1.59. The fraction of sp³-hybridized carbons (Fsp3) is 0.0500. The molecule has 3 aromatic carbocycles. The van der Waals surface area contributed by atoms with Gasteiger partial charge in [0, 0.05) is 16.3 Å². The van der Waals surface area contributed by atoms with E-state index in [1.54, 1.807) is 36.4 Å². The van der Waals surface area contributed by atoms with Crippen LogP contribution < -0.4 is 10.1 Å². The second-order valence-corrected chi connectivity index (χ2v) is 5.96. The summed E-state index contributed by atoms with van der Waals surface area (Å²) in [5, 5.41) is 3.28. The summed E-state index contributed by atoms with van der Waals surface area (Å²) in [6.07, 6.45) is 0. The van der Waals surface area contributed by atoms with Crippen molar-refractivity contribution < 1.29 is 18.3 Å². The van der Waals surface area contributed by atoms with Crippen LogP contribution in [0.15, 0.2) is 66.7 Å². The van der Waals surface area contributed by atoms with Crippen LogP contribution in [0.4, 0.5) is 14.5 Å². The van der Waals surface area contributed by atoms with E-state index >= 15 is 0 Å². The quantitative estimate of drug-likeness (QED) is 0.645. The van der Waals surface area contributed by atoms with Gasteiger partial charge in [0.25, 0.3) is 5.91 Å². The number of carbonyl (C=O) groups excluding carboxylic acids is 1. The van der Waals surface area contributed by atoms with E-state index in [1.807, 2.05) is 12.1 Å². The molecule has 0 aliphatic heterocycles. The highest BCUT2D eigenvalue weighted by atomic mass is 35.5. The van der Waals surface area contributed by atoms with Crippen molar-refractivity contribution in [3.63, 3.8) is 0 Å². The summed E-state index contributed by atoms with van der Waals surface area (Å²) < 4.78 is 31.8. The Morgan fingerprint density at radius 3 is 2.27 bits per heavy atom. The highest BCUT2D eigenvalue weighted by Gasteiger charge is 2.10. The molecule has 1 amide bonds. The van der Waals surface area contributed by atoms with Gasteiger partial charge in [0.15, 0.2) is 11.6 Å². The van der Waals surface area contributed by atoms with Gasteiger partial charge in [-0.3, -0.25) is 4.79 Å². The Hall–Kier alpha value is -2.92. The van der Waals surface area contributed by atoms with Gasteiger partial charge >= 0.3 is 0 Å². The van der Waals surface area contributed by atoms with Crippen molar-refractivity contribution in [2.24, 2.45) is 0 Å². The Bertz CT molecular complexity index is 912. The average Bonchev–Trinajstić information content (AvgIpc) is 2.64. The van der Waals surface area contributed by atoms with Crippen molar-refractivity contribution in [3.05, 3.63) is 94.5 Å². The predicted octanol–water partition coefficient (Wildman–Crippen LogP) is 5.45. The molecule has 0 aromatic heterocycles. The summed E-state index contributed by atoms with van der Waals surface area (Å²) in [6.45, 7) is 0.387. The number of ether oxygens (including phenoxy) is 1.